The van der Waals surface area contributed by atoms with Crippen molar-refractivity contribution >= 4 is 45.9 Å². The second kappa shape index (κ2) is 9.24. The van der Waals surface area contributed by atoms with Crippen LogP contribution in [0.5, 0.6) is 0 Å². The third-order valence-electron chi connectivity index (χ3n) is 3.65. The van der Waals surface area contributed by atoms with Crippen molar-refractivity contribution in [3.63, 3.8) is 0 Å². The van der Waals surface area contributed by atoms with Gasteiger partial charge in [-0.1, -0.05) is 0 Å². The maximum absolute atomic E-state index is 12.5. The summed E-state index contributed by atoms with van der Waals surface area (Å²) >= 11 is 2.63. The number of fused-ring (bicyclic) bond motifs is 1. The van der Waals surface area contributed by atoms with E-state index in [4.69, 9.17) is 4.74 Å². The van der Waals surface area contributed by atoms with Crippen LogP contribution in [-0.4, -0.2) is 42.6 Å². The lowest BCUT2D eigenvalue weighted by molar-refractivity contribution is -0.137. The molecule has 0 radical (unpaired) electrons. The minimum atomic E-state index is -0.382. The summed E-state index contributed by atoms with van der Waals surface area (Å²) in [6.07, 6.45) is 3.67. The molecule has 1 aliphatic rings. The Balaban J connectivity index is 2.11. The number of hydrogen-bond donors (Lipinski definition) is 1. The van der Waals surface area contributed by atoms with Crippen LogP contribution >= 0.6 is 23.1 Å². The first-order chi connectivity index (χ1) is 11.9. The highest BCUT2D eigenvalue weighted by Gasteiger charge is 2.27. The van der Waals surface area contributed by atoms with Gasteiger partial charge in [-0.15, -0.1) is 23.1 Å². The van der Waals surface area contributed by atoms with E-state index in [2.05, 4.69) is 10.1 Å². The summed E-state index contributed by atoms with van der Waals surface area (Å²) in [6.45, 7) is 3.61. The van der Waals surface area contributed by atoms with Crippen molar-refractivity contribution < 1.29 is 23.9 Å². The fraction of sp³-hybridized carbons (Fsp3) is 0.588. The number of carbonyl (C=O) groups excluding carboxylic acids is 3. The number of ether oxygens (including phenoxy) is 2. The normalized spacial score (nSPS) is 13.3. The summed E-state index contributed by atoms with van der Waals surface area (Å²) in [5.41, 5.74) is 1.51. The van der Waals surface area contributed by atoms with Crippen molar-refractivity contribution in [2.75, 3.05) is 23.9 Å². The molecule has 1 aromatic heterocycles. The van der Waals surface area contributed by atoms with Gasteiger partial charge in [0.1, 0.15) is 5.00 Å². The number of amides is 1. The van der Waals surface area contributed by atoms with E-state index in [-0.39, 0.29) is 35.5 Å². The van der Waals surface area contributed by atoms with Crippen LogP contribution in [-0.2, 0) is 31.9 Å². The molecule has 1 aliphatic carbocycles. The summed E-state index contributed by atoms with van der Waals surface area (Å²) in [4.78, 5) is 36.9. The van der Waals surface area contributed by atoms with Gasteiger partial charge in [0.15, 0.2) is 0 Å². The predicted molar refractivity (Wildman–Crippen MR) is 99.5 cm³/mol. The number of methoxy groups -OCH3 is 1. The number of carbonyl (C=O) groups is 3. The lowest BCUT2D eigenvalue weighted by atomic mass is 9.95. The van der Waals surface area contributed by atoms with Gasteiger partial charge in [0.2, 0.25) is 5.91 Å². The molecule has 2 rings (SSSR count). The molecule has 0 atom stereocenters. The molecule has 25 heavy (non-hydrogen) atoms. The average Bonchev–Trinajstić information content (AvgIpc) is 2.91. The molecule has 0 saturated heterocycles. The Morgan fingerprint density at radius 2 is 1.92 bits per heavy atom. The van der Waals surface area contributed by atoms with Gasteiger partial charge in [-0.25, -0.2) is 4.79 Å². The highest BCUT2D eigenvalue weighted by Crippen LogP contribution is 2.38. The number of aryl methyl sites for hydroxylation is 1. The first-order valence-electron chi connectivity index (χ1n) is 8.22. The molecule has 6 nitrogen and oxygen atoms in total. The Morgan fingerprint density at radius 1 is 1.20 bits per heavy atom. The van der Waals surface area contributed by atoms with E-state index in [1.807, 2.05) is 0 Å². The van der Waals surface area contributed by atoms with Crippen LogP contribution in [0.2, 0.25) is 0 Å². The van der Waals surface area contributed by atoms with E-state index >= 15 is 0 Å². The van der Waals surface area contributed by atoms with Crippen LogP contribution in [0.4, 0.5) is 5.00 Å². The van der Waals surface area contributed by atoms with Crippen molar-refractivity contribution in [2.45, 2.75) is 45.6 Å². The van der Waals surface area contributed by atoms with Gasteiger partial charge in [0.25, 0.3) is 0 Å². The molecule has 1 heterocycles. The zero-order chi connectivity index (χ0) is 18.4. The number of nitrogens with one attached hydrogen (secondary N) is 1. The highest BCUT2D eigenvalue weighted by molar-refractivity contribution is 8.00. The molecule has 0 bridgehead atoms. The molecule has 0 spiro atoms. The third-order valence-corrected chi connectivity index (χ3v) is 5.77. The third kappa shape index (κ3) is 5.47. The van der Waals surface area contributed by atoms with E-state index in [1.54, 1.807) is 13.8 Å². The number of thiophene rings is 1. The Bertz CT molecular complexity index is 654. The fourth-order valence-electron chi connectivity index (χ4n) is 2.59. The monoisotopic (exact) mass is 385 g/mol. The van der Waals surface area contributed by atoms with E-state index < -0.39 is 0 Å². The SMILES string of the molecule is COC(=O)CSCC(=O)Nc1sc2c(c1C(=O)OC(C)C)CCCC2. The molecule has 0 unspecified atom stereocenters. The predicted octanol–water partition coefficient (Wildman–Crippen LogP) is 3.04. The first kappa shape index (κ1) is 19.8. The van der Waals surface area contributed by atoms with E-state index in [9.17, 15) is 14.4 Å². The van der Waals surface area contributed by atoms with Gasteiger partial charge in [-0.2, -0.15) is 0 Å². The Hall–Kier alpha value is -1.54. The first-order valence-corrected chi connectivity index (χ1v) is 10.2. The zero-order valence-corrected chi connectivity index (χ0v) is 16.3. The van der Waals surface area contributed by atoms with E-state index in [1.165, 1.54) is 30.2 Å². The van der Waals surface area contributed by atoms with Crippen LogP contribution < -0.4 is 5.32 Å². The second-order valence-corrected chi connectivity index (χ2v) is 8.08. The molecule has 0 aromatic carbocycles. The van der Waals surface area contributed by atoms with E-state index in [0.717, 1.165) is 36.1 Å². The minimum absolute atomic E-state index is 0.118. The Kier molecular flexibility index (Phi) is 7.31. The molecule has 1 aromatic rings. The van der Waals surface area contributed by atoms with Crippen LogP contribution in [0.25, 0.3) is 0 Å². The Morgan fingerprint density at radius 3 is 2.60 bits per heavy atom. The molecule has 0 fully saturated rings. The molecular formula is C17H23NO5S2. The number of hydrogen-bond acceptors (Lipinski definition) is 7. The maximum atomic E-state index is 12.5. The number of esters is 2. The zero-order valence-electron chi connectivity index (χ0n) is 14.7. The lowest BCUT2D eigenvalue weighted by Crippen LogP contribution is -2.19. The fourth-order valence-corrected chi connectivity index (χ4v) is 4.53. The van der Waals surface area contributed by atoms with Crippen molar-refractivity contribution in [3.8, 4) is 0 Å². The Labute approximate surface area is 155 Å². The van der Waals surface area contributed by atoms with Gasteiger partial charge in [-0.05, 0) is 45.1 Å². The van der Waals surface area contributed by atoms with Crippen molar-refractivity contribution in [1.82, 2.24) is 0 Å². The number of thioether (sulfide) groups is 1. The van der Waals surface area contributed by atoms with Crippen LogP contribution in [0.3, 0.4) is 0 Å². The quantitative estimate of drug-likeness (QED) is 0.727. The van der Waals surface area contributed by atoms with Crippen molar-refractivity contribution in [2.24, 2.45) is 0 Å². The largest absolute Gasteiger partial charge is 0.468 e. The molecule has 1 N–H and O–H groups in total. The van der Waals surface area contributed by atoms with Crippen LogP contribution in [0.15, 0.2) is 0 Å². The van der Waals surface area contributed by atoms with Gasteiger partial charge in [0.05, 0.1) is 30.3 Å². The molecule has 1 amide bonds. The summed E-state index contributed by atoms with van der Waals surface area (Å²) in [7, 11) is 1.31. The molecule has 0 saturated carbocycles. The highest BCUT2D eigenvalue weighted by atomic mass is 32.2. The number of anilines is 1. The van der Waals surface area contributed by atoms with Crippen molar-refractivity contribution in [3.05, 3.63) is 16.0 Å². The van der Waals surface area contributed by atoms with Crippen molar-refractivity contribution in [1.29, 1.82) is 0 Å². The van der Waals surface area contributed by atoms with Gasteiger partial charge in [-0.3, -0.25) is 9.59 Å². The summed E-state index contributed by atoms with van der Waals surface area (Å²) < 4.78 is 9.90. The standard InChI is InChI=1S/C17H23NO5S2/c1-10(2)23-17(21)15-11-6-4-5-7-12(11)25-16(15)18-13(19)8-24-9-14(20)22-3/h10H,4-9H2,1-3H3,(H,18,19). The van der Waals surface area contributed by atoms with Crippen LogP contribution in [0, 0.1) is 0 Å². The van der Waals surface area contributed by atoms with E-state index in [0.29, 0.717) is 10.6 Å². The second-order valence-electron chi connectivity index (χ2n) is 5.99. The smallest absolute Gasteiger partial charge is 0.341 e. The molecular weight excluding hydrogens is 362 g/mol. The molecule has 0 aliphatic heterocycles. The van der Waals surface area contributed by atoms with Gasteiger partial charge < -0.3 is 14.8 Å². The minimum Gasteiger partial charge on any atom is -0.468 e. The summed E-state index contributed by atoms with van der Waals surface area (Å²) in [5.74, 6) is -0.757. The lowest BCUT2D eigenvalue weighted by Gasteiger charge is -2.14. The van der Waals surface area contributed by atoms with Gasteiger partial charge in [0, 0.05) is 4.88 Å². The number of rotatable bonds is 7. The topological polar surface area (TPSA) is 81.7 Å². The molecule has 8 heteroatoms. The molecule has 138 valence electrons. The average molecular weight is 386 g/mol. The summed E-state index contributed by atoms with van der Waals surface area (Å²) in [6, 6.07) is 0. The maximum Gasteiger partial charge on any atom is 0.341 e. The van der Waals surface area contributed by atoms with Crippen LogP contribution in [0.1, 0.15) is 47.5 Å². The van der Waals surface area contributed by atoms with Gasteiger partial charge >= 0.3 is 11.9 Å². The summed E-state index contributed by atoms with van der Waals surface area (Å²) in [5, 5.41) is 3.38.